The van der Waals surface area contributed by atoms with Gasteiger partial charge in [-0.15, -0.1) is 0 Å². The largest absolute Gasteiger partial charge is 0.370 e. The van der Waals surface area contributed by atoms with Crippen molar-refractivity contribution in [2.45, 2.75) is 46.0 Å². The Hall–Kier alpha value is -1.90. The SMILES string of the molecule is CCCNc1cc(-c2cc(C)cc(C)c2)nc(C2CC2)n1. The van der Waals surface area contributed by atoms with Crippen molar-refractivity contribution < 1.29 is 0 Å². The molecule has 3 nitrogen and oxygen atoms in total. The highest BCUT2D eigenvalue weighted by Crippen LogP contribution is 2.39. The second-order valence-electron chi connectivity index (χ2n) is 6.07. The Labute approximate surface area is 126 Å². The minimum Gasteiger partial charge on any atom is -0.370 e. The molecule has 3 rings (SSSR count). The Morgan fingerprint density at radius 3 is 2.38 bits per heavy atom. The van der Waals surface area contributed by atoms with E-state index in [1.54, 1.807) is 0 Å². The predicted molar refractivity (Wildman–Crippen MR) is 87.7 cm³/mol. The average molecular weight is 281 g/mol. The maximum Gasteiger partial charge on any atom is 0.134 e. The summed E-state index contributed by atoms with van der Waals surface area (Å²) in [6, 6.07) is 8.68. The highest BCUT2D eigenvalue weighted by molar-refractivity contribution is 5.64. The van der Waals surface area contributed by atoms with Crippen molar-refractivity contribution in [3.63, 3.8) is 0 Å². The number of aryl methyl sites for hydroxylation is 2. The first kappa shape index (κ1) is 14.1. The maximum atomic E-state index is 4.80. The summed E-state index contributed by atoms with van der Waals surface area (Å²) in [5.74, 6) is 2.53. The summed E-state index contributed by atoms with van der Waals surface area (Å²) in [4.78, 5) is 9.49. The van der Waals surface area contributed by atoms with Gasteiger partial charge in [0, 0.05) is 24.1 Å². The van der Waals surface area contributed by atoms with Crippen LogP contribution >= 0.6 is 0 Å². The number of hydrogen-bond donors (Lipinski definition) is 1. The number of nitrogens with zero attached hydrogens (tertiary/aromatic N) is 2. The van der Waals surface area contributed by atoms with Gasteiger partial charge in [0.15, 0.2) is 0 Å². The molecule has 0 unspecified atom stereocenters. The van der Waals surface area contributed by atoms with Crippen molar-refractivity contribution >= 4 is 5.82 Å². The van der Waals surface area contributed by atoms with Crippen LogP contribution in [0.2, 0.25) is 0 Å². The molecule has 110 valence electrons. The van der Waals surface area contributed by atoms with Crippen LogP contribution in [0.4, 0.5) is 5.82 Å². The number of rotatable bonds is 5. The molecule has 1 aromatic carbocycles. The van der Waals surface area contributed by atoms with E-state index in [0.29, 0.717) is 5.92 Å². The molecule has 1 saturated carbocycles. The fourth-order valence-electron chi connectivity index (χ4n) is 2.60. The molecule has 0 aliphatic heterocycles. The van der Waals surface area contributed by atoms with Gasteiger partial charge in [0.1, 0.15) is 11.6 Å². The van der Waals surface area contributed by atoms with Gasteiger partial charge in [-0.05, 0) is 45.2 Å². The fourth-order valence-corrected chi connectivity index (χ4v) is 2.60. The van der Waals surface area contributed by atoms with E-state index >= 15 is 0 Å². The van der Waals surface area contributed by atoms with Gasteiger partial charge in [0.2, 0.25) is 0 Å². The summed E-state index contributed by atoms with van der Waals surface area (Å²) in [5.41, 5.74) is 4.79. The van der Waals surface area contributed by atoms with E-state index in [4.69, 9.17) is 4.98 Å². The summed E-state index contributed by atoms with van der Waals surface area (Å²) < 4.78 is 0. The quantitative estimate of drug-likeness (QED) is 0.879. The Kier molecular flexibility index (Phi) is 3.91. The third-order valence-corrected chi connectivity index (χ3v) is 3.76. The van der Waals surface area contributed by atoms with Crippen molar-refractivity contribution in [1.29, 1.82) is 0 Å². The molecule has 2 aromatic rings. The molecular formula is C18H23N3. The number of aromatic nitrogens is 2. The van der Waals surface area contributed by atoms with Crippen LogP contribution in [-0.4, -0.2) is 16.5 Å². The lowest BCUT2D eigenvalue weighted by Gasteiger charge is -2.10. The minimum atomic E-state index is 0.568. The van der Waals surface area contributed by atoms with E-state index in [0.717, 1.165) is 30.3 Å². The molecule has 0 amide bonds. The number of anilines is 1. The Morgan fingerprint density at radius 1 is 1.05 bits per heavy atom. The monoisotopic (exact) mass is 281 g/mol. The van der Waals surface area contributed by atoms with Crippen LogP contribution in [0.5, 0.6) is 0 Å². The molecule has 0 saturated heterocycles. The first-order chi connectivity index (χ1) is 10.2. The molecule has 1 aliphatic rings. The fraction of sp³-hybridized carbons (Fsp3) is 0.444. The van der Waals surface area contributed by atoms with E-state index in [2.05, 4.69) is 55.3 Å². The summed E-state index contributed by atoms with van der Waals surface area (Å²) in [5, 5.41) is 3.41. The molecule has 1 heterocycles. The number of benzene rings is 1. The maximum absolute atomic E-state index is 4.80. The summed E-state index contributed by atoms with van der Waals surface area (Å²) >= 11 is 0. The minimum absolute atomic E-state index is 0.568. The lowest BCUT2D eigenvalue weighted by Crippen LogP contribution is -2.05. The van der Waals surface area contributed by atoms with Crippen LogP contribution in [0.3, 0.4) is 0 Å². The predicted octanol–water partition coefficient (Wildman–Crippen LogP) is 4.46. The molecule has 0 bridgehead atoms. The van der Waals surface area contributed by atoms with Gasteiger partial charge in [-0.2, -0.15) is 0 Å². The van der Waals surface area contributed by atoms with E-state index < -0.39 is 0 Å². The third kappa shape index (κ3) is 3.41. The van der Waals surface area contributed by atoms with Gasteiger partial charge in [0.25, 0.3) is 0 Å². The molecule has 1 fully saturated rings. The van der Waals surface area contributed by atoms with E-state index in [1.165, 1.54) is 29.5 Å². The standard InChI is InChI=1S/C18H23N3/c1-4-7-19-17-11-16(20-18(21-17)14-5-6-14)15-9-12(2)8-13(3)10-15/h8-11,14H,4-7H2,1-3H3,(H,19,20,21). The molecule has 1 N–H and O–H groups in total. The highest BCUT2D eigenvalue weighted by atomic mass is 15.0. The summed E-state index contributed by atoms with van der Waals surface area (Å²) in [7, 11) is 0. The van der Waals surface area contributed by atoms with Crippen LogP contribution < -0.4 is 5.32 Å². The van der Waals surface area contributed by atoms with Gasteiger partial charge < -0.3 is 5.32 Å². The molecular weight excluding hydrogens is 258 g/mol. The molecule has 0 atom stereocenters. The van der Waals surface area contributed by atoms with Crippen molar-refractivity contribution in [1.82, 2.24) is 9.97 Å². The molecule has 21 heavy (non-hydrogen) atoms. The third-order valence-electron chi connectivity index (χ3n) is 3.76. The molecule has 3 heteroatoms. The summed E-state index contributed by atoms with van der Waals surface area (Å²) in [6.45, 7) is 7.39. The Bertz CT molecular complexity index is 625. The van der Waals surface area contributed by atoms with Crippen LogP contribution in [0.1, 0.15) is 49.1 Å². The van der Waals surface area contributed by atoms with Gasteiger partial charge in [-0.1, -0.05) is 24.1 Å². The Morgan fingerprint density at radius 2 is 1.76 bits per heavy atom. The van der Waals surface area contributed by atoms with E-state index in [-0.39, 0.29) is 0 Å². The molecule has 0 spiro atoms. The van der Waals surface area contributed by atoms with E-state index in [9.17, 15) is 0 Å². The van der Waals surface area contributed by atoms with Crippen molar-refractivity contribution in [2.24, 2.45) is 0 Å². The van der Waals surface area contributed by atoms with Crippen LogP contribution in [0, 0.1) is 13.8 Å². The van der Waals surface area contributed by atoms with Gasteiger partial charge in [0.05, 0.1) is 5.69 Å². The highest BCUT2D eigenvalue weighted by Gasteiger charge is 2.27. The lowest BCUT2D eigenvalue weighted by molar-refractivity contribution is 0.911. The van der Waals surface area contributed by atoms with Crippen LogP contribution in [0.25, 0.3) is 11.3 Å². The van der Waals surface area contributed by atoms with Crippen molar-refractivity contribution in [3.05, 3.63) is 41.2 Å². The second kappa shape index (κ2) is 5.84. The first-order valence-electron chi connectivity index (χ1n) is 7.87. The van der Waals surface area contributed by atoms with E-state index in [1.807, 2.05) is 0 Å². The van der Waals surface area contributed by atoms with Gasteiger partial charge in [-0.25, -0.2) is 9.97 Å². The molecule has 1 aromatic heterocycles. The lowest BCUT2D eigenvalue weighted by atomic mass is 10.0. The second-order valence-corrected chi connectivity index (χ2v) is 6.07. The normalized spacial score (nSPS) is 14.2. The number of nitrogens with one attached hydrogen (secondary N) is 1. The zero-order valence-corrected chi connectivity index (χ0v) is 13.1. The zero-order chi connectivity index (χ0) is 14.8. The van der Waals surface area contributed by atoms with Gasteiger partial charge >= 0.3 is 0 Å². The smallest absolute Gasteiger partial charge is 0.134 e. The molecule has 0 radical (unpaired) electrons. The van der Waals surface area contributed by atoms with Crippen LogP contribution in [0.15, 0.2) is 24.3 Å². The average Bonchev–Trinajstić information content (AvgIpc) is 3.28. The van der Waals surface area contributed by atoms with Crippen molar-refractivity contribution in [3.8, 4) is 11.3 Å². The van der Waals surface area contributed by atoms with Crippen molar-refractivity contribution in [2.75, 3.05) is 11.9 Å². The first-order valence-corrected chi connectivity index (χ1v) is 7.87. The molecule has 1 aliphatic carbocycles. The topological polar surface area (TPSA) is 37.8 Å². The van der Waals surface area contributed by atoms with Crippen LogP contribution in [-0.2, 0) is 0 Å². The zero-order valence-electron chi connectivity index (χ0n) is 13.1. The van der Waals surface area contributed by atoms with Gasteiger partial charge in [-0.3, -0.25) is 0 Å². The number of hydrogen-bond acceptors (Lipinski definition) is 3. The Balaban J connectivity index is 2.01. The summed E-state index contributed by atoms with van der Waals surface area (Å²) in [6.07, 6.45) is 3.55.